The summed E-state index contributed by atoms with van der Waals surface area (Å²) in [5.41, 5.74) is 3.63. The largest absolute Gasteiger partial charge is 0.465 e. The number of esters is 1. The number of furan rings is 1. The van der Waals surface area contributed by atoms with E-state index in [9.17, 15) is 18.0 Å². The van der Waals surface area contributed by atoms with E-state index in [2.05, 4.69) is 12.1 Å². The van der Waals surface area contributed by atoms with Gasteiger partial charge in [0.2, 0.25) is 15.9 Å². The van der Waals surface area contributed by atoms with Crippen LogP contribution in [0, 0.1) is 13.8 Å². The molecule has 2 heterocycles. The molecule has 1 aromatic carbocycles. The van der Waals surface area contributed by atoms with Crippen molar-refractivity contribution in [3.63, 3.8) is 0 Å². The second kappa shape index (κ2) is 8.71. The predicted octanol–water partition coefficient (Wildman–Crippen LogP) is 2.25. The van der Waals surface area contributed by atoms with Crippen molar-refractivity contribution in [2.45, 2.75) is 44.4 Å². The Morgan fingerprint density at radius 1 is 1.03 bits per heavy atom. The van der Waals surface area contributed by atoms with Gasteiger partial charge in [-0.3, -0.25) is 4.79 Å². The van der Waals surface area contributed by atoms with Gasteiger partial charge in [0.05, 0.1) is 13.5 Å². The van der Waals surface area contributed by atoms with E-state index in [0.29, 0.717) is 19.5 Å². The lowest BCUT2D eigenvalue weighted by molar-refractivity contribution is -0.131. The van der Waals surface area contributed by atoms with Gasteiger partial charge in [0.1, 0.15) is 22.0 Å². The van der Waals surface area contributed by atoms with Crippen LogP contribution >= 0.6 is 0 Å². The Bertz CT molecular complexity index is 1160. The molecular weight excluding hydrogens is 432 g/mol. The Kier molecular flexibility index (Phi) is 6.13. The van der Waals surface area contributed by atoms with E-state index in [1.165, 1.54) is 36.4 Å². The van der Waals surface area contributed by atoms with Gasteiger partial charge in [0.25, 0.3) is 0 Å². The number of ether oxygens (including phenoxy) is 1. The summed E-state index contributed by atoms with van der Waals surface area (Å²) in [6.45, 7) is 3.96. The van der Waals surface area contributed by atoms with Gasteiger partial charge in [-0.25, -0.2) is 13.2 Å². The Morgan fingerprint density at radius 2 is 1.72 bits per heavy atom. The molecule has 0 spiro atoms. The number of carbonyl (C=O) groups excluding carboxylic acids is 2. The van der Waals surface area contributed by atoms with Gasteiger partial charge in [-0.15, -0.1) is 0 Å². The molecule has 9 heteroatoms. The van der Waals surface area contributed by atoms with Gasteiger partial charge >= 0.3 is 5.97 Å². The highest BCUT2D eigenvalue weighted by molar-refractivity contribution is 7.89. The minimum atomic E-state index is -3.97. The van der Waals surface area contributed by atoms with Crippen LogP contribution in [0.25, 0.3) is 0 Å². The minimum absolute atomic E-state index is 0.00872. The summed E-state index contributed by atoms with van der Waals surface area (Å²) < 4.78 is 38.1. The smallest absolute Gasteiger partial charge is 0.342 e. The molecule has 1 fully saturated rings. The first-order valence-corrected chi connectivity index (χ1v) is 12.2. The van der Waals surface area contributed by atoms with E-state index >= 15 is 0 Å². The lowest BCUT2D eigenvalue weighted by Gasteiger charge is -2.34. The fourth-order valence-electron chi connectivity index (χ4n) is 4.64. The molecule has 1 aliphatic carbocycles. The van der Waals surface area contributed by atoms with Gasteiger partial charge in [0, 0.05) is 26.2 Å². The molecule has 2 aliphatic rings. The van der Waals surface area contributed by atoms with E-state index in [-0.39, 0.29) is 41.0 Å². The van der Waals surface area contributed by atoms with E-state index in [1.54, 1.807) is 4.90 Å². The Labute approximate surface area is 188 Å². The summed E-state index contributed by atoms with van der Waals surface area (Å²) in [4.78, 5) is 26.5. The first-order chi connectivity index (χ1) is 15.2. The Morgan fingerprint density at radius 3 is 2.41 bits per heavy atom. The van der Waals surface area contributed by atoms with Crippen molar-refractivity contribution in [2.75, 3.05) is 33.3 Å². The topological polar surface area (TPSA) is 97.1 Å². The first-order valence-electron chi connectivity index (χ1n) is 10.8. The van der Waals surface area contributed by atoms with Crippen molar-refractivity contribution < 1.29 is 27.2 Å². The van der Waals surface area contributed by atoms with Crippen LogP contribution in [0.2, 0.25) is 0 Å². The number of hydrogen-bond donors (Lipinski definition) is 0. The number of aryl methyl sites for hydroxylation is 4. The number of sulfonamides is 1. The molecule has 0 bridgehead atoms. The number of hydrogen-bond acceptors (Lipinski definition) is 6. The van der Waals surface area contributed by atoms with E-state index < -0.39 is 16.0 Å². The summed E-state index contributed by atoms with van der Waals surface area (Å²) in [6.07, 6.45) is 3.64. The number of carbonyl (C=O) groups is 2. The highest BCUT2D eigenvalue weighted by Crippen LogP contribution is 2.30. The maximum absolute atomic E-state index is 13.3. The molecule has 172 valence electrons. The second-order valence-electron chi connectivity index (χ2n) is 8.33. The maximum atomic E-state index is 13.3. The standard InChI is InChI=1S/C23H28N2O6S/c1-15-21(23(27)30-3)22(16(2)31-15)32(28,29)25-11-9-24(10-12-25)20(26)14-17-7-8-18-5-4-6-19(18)13-17/h7-8,13H,4-6,9-12,14H2,1-3H3. The zero-order chi connectivity index (χ0) is 23.0. The molecule has 0 radical (unpaired) electrons. The Hall–Kier alpha value is -2.65. The van der Waals surface area contributed by atoms with Gasteiger partial charge in [-0.2, -0.15) is 4.31 Å². The molecule has 0 N–H and O–H groups in total. The molecule has 32 heavy (non-hydrogen) atoms. The fraction of sp³-hybridized carbons (Fsp3) is 0.478. The third kappa shape index (κ3) is 4.06. The van der Waals surface area contributed by atoms with Crippen molar-refractivity contribution in [2.24, 2.45) is 0 Å². The highest BCUT2D eigenvalue weighted by Gasteiger charge is 2.37. The van der Waals surface area contributed by atoms with E-state index in [1.807, 2.05) is 6.07 Å². The average Bonchev–Trinajstić information content (AvgIpc) is 3.36. The molecule has 0 saturated carbocycles. The second-order valence-corrected chi connectivity index (χ2v) is 10.2. The van der Waals surface area contributed by atoms with Crippen molar-refractivity contribution in [3.05, 3.63) is 52.0 Å². The van der Waals surface area contributed by atoms with Crippen LogP contribution in [-0.4, -0.2) is 62.8 Å². The number of fused-ring (bicyclic) bond motifs is 1. The number of benzene rings is 1. The number of amides is 1. The number of methoxy groups -OCH3 is 1. The van der Waals surface area contributed by atoms with Crippen LogP contribution in [0.4, 0.5) is 0 Å². The van der Waals surface area contributed by atoms with E-state index in [0.717, 1.165) is 24.8 Å². The third-order valence-corrected chi connectivity index (χ3v) is 8.35. The molecule has 8 nitrogen and oxygen atoms in total. The van der Waals surface area contributed by atoms with Crippen LogP contribution in [0.1, 0.15) is 45.0 Å². The molecule has 0 atom stereocenters. The molecule has 1 amide bonds. The van der Waals surface area contributed by atoms with Gasteiger partial charge in [0.15, 0.2) is 0 Å². The molecule has 1 aliphatic heterocycles. The average molecular weight is 461 g/mol. The van der Waals surface area contributed by atoms with Gasteiger partial charge < -0.3 is 14.1 Å². The normalized spacial score (nSPS) is 16.8. The summed E-state index contributed by atoms with van der Waals surface area (Å²) >= 11 is 0. The van der Waals surface area contributed by atoms with E-state index in [4.69, 9.17) is 9.15 Å². The van der Waals surface area contributed by atoms with Crippen molar-refractivity contribution >= 4 is 21.9 Å². The summed E-state index contributed by atoms with van der Waals surface area (Å²) in [6, 6.07) is 6.25. The number of piperazine rings is 1. The lowest BCUT2D eigenvalue weighted by Crippen LogP contribution is -2.51. The van der Waals surface area contributed by atoms with Gasteiger partial charge in [-0.1, -0.05) is 18.2 Å². The van der Waals surface area contributed by atoms with Gasteiger partial charge in [-0.05, 0) is 49.8 Å². The minimum Gasteiger partial charge on any atom is -0.465 e. The molecule has 1 aromatic heterocycles. The van der Waals surface area contributed by atoms with Crippen LogP contribution in [0.5, 0.6) is 0 Å². The fourth-order valence-corrected chi connectivity index (χ4v) is 6.43. The monoisotopic (exact) mass is 460 g/mol. The molecule has 4 rings (SSSR count). The van der Waals surface area contributed by atoms with Crippen molar-refractivity contribution in [3.8, 4) is 0 Å². The Balaban J connectivity index is 1.44. The summed E-state index contributed by atoms with van der Waals surface area (Å²) in [7, 11) is -2.77. The SMILES string of the molecule is COC(=O)c1c(C)oc(C)c1S(=O)(=O)N1CCN(C(=O)Cc2ccc3c(c2)CCC3)CC1. The molecular formula is C23H28N2O6S. The van der Waals surface area contributed by atoms with Crippen LogP contribution in [0.3, 0.4) is 0 Å². The first kappa shape index (κ1) is 22.5. The van der Waals surface area contributed by atoms with Crippen LogP contribution < -0.4 is 0 Å². The summed E-state index contributed by atoms with van der Waals surface area (Å²) in [5.74, 6) is -0.402. The van der Waals surface area contributed by atoms with Crippen molar-refractivity contribution in [1.82, 2.24) is 9.21 Å². The zero-order valence-electron chi connectivity index (χ0n) is 18.6. The number of rotatable bonds is 5. The lowest BCUT2D eigenvalue weighted by atomic mass is 10.0. The predicted molar refractivity (Wildman–Crippen MR) is 117 cm³/mol. The summed E-state index contributed by atoms with van der Waals surface area (Å²) in [5, 5.41) is 0. The maximum Gasteiger partial charge on any atom is 0.342 e. The zero-order valence-corrected chi connectivity index (χ0v) is 19.5. The van der Waals surface area contributed by atoms with Crippen LogP contribution in [-0.2, 0) is 38.8 Å². The molecule has 2 aromatic rings. The highest BCUT2D eigenvalue weighted by atomic mass is 32.2. The quantitative estimate of drug-likeness (QED) is 0.635. The van der Waals surface area contributed by atoms with Crippen molar-refractivity contribution in [1.29, 1.82) is 0 Å². The van der Waals surface area contributed by atoms with Crippen LogP contribution in [0.15, 0.2) is 27.5 Å². The molecule has 1 saturated heterocycles. The molecule has 0 unspecified atom stereocenters. The third-order valence-electron chi connectivity index (χ3n) is 6.30. The number of nitrogens with zero attached hydrogens (tertiary/aromatic N) is 2.